The van der Waals surface area contributed by atoms with Gasteiger partial charge >= 0.3 is 0 Å². The number of aliphatic hydroxyl groups excluding tert-OH is 1. The molecule has 1 rings (SSSR count). The van der Waals surface area contributed by atoms with Crippen LogP contribution in [0.5, 0.6) is 0 Å². The van der Waals surface area contributed by atoms with E-state index in [1.165, 1.54) is 0 Å². The smallest absolute Gasteiger partial charge is 0.125 e. The summed E-state index contributed by atoms with van der Waals surface area (Å²) < 4.78 is 12.8. The van der Waals surface area contributed by atoms with Gasteiger partial charge in [0.25, 0.3) is 0 Å². The third kappa shape index (κ3) is 2.31. The molecule has 0 aliphatic heterocycles. The summed E-state index contributed by atoms with van der Waals surface area (Å²) in [6.45, 7) is -0.306. The highest BCUT2D eigenvalue weighted by molar-refractivity contribution is 6.42. The van der Waals surface area contributed by atoms with Crippen LogP contribution in [0.3, 0.4) is 0 Å². The standard InChI is InChI=1S/C8H8Cl2FNO/c9-6-2-4(11)1-5(8(6)10)7(12)3-13/h1-2,7,13H,3,12H2/t7-/m1/s1. The first-order chi connectivity index (χ1) is 6.06. The second-order valence-corrected chi connectivity index (χ2v) is 3.37. The molecule has 0 amide bonds. The Morgan fingerprint density at radius 1 is 1.46 bits per heavy atom. The van der Waals surface area contributed by atoms with Crippen LogP contribution >= 0.6 is 23.2 Å². The van der Waals surface area contributed by atoms with E-state index < -0.39 is 11.9 Å². The van der Waals surface area contributed by atoms with Crippen LogP contribution in [0.1, 0.15) is 11.6 Å². The van der Waals surface area contributed by atoms with Crippen molar-refractivity contribution in [3.05, 3.63) is 33.6 Å². The van der Waals surface area contributed by atoms with Crippen LogP contribution in [0.2, 0.25) is 10.0 Å². The summed E-state index contributed by atoms with van der Waals surface area (Å²) in [5, 5.41) is 9.03. The molecule has 0 spiro atoms. The SMILES string of the molecule is N[C@H](CO)c1cc(F)cc(Cl)c1Cl. The van der Waals surface area contributed by atoms with Crippen molar-refractivity contribution in [2.24, 2.45) is 5.73 Å². The van der Waals surface area contributed by atoms with Crippen LogP contribution in [0.15, 0.2) is 12.1 Å². The van der Waals surface area contributed by atoms with Gasteiger partial charge in [-0.3, -0.25) is 0 Å². The van der Waals surface area contributed by atoms with Crippen LogP contribution in [0, 0.1) is 5.82 Å². The quantitative estimate of drug-likeness (QED) is 0.755. The van der Waals surface area contributed by atoms with Crippen molar-refractivity contribution in [3.63, 3.8) is 0 Å². The molecule has 2 nitrogen and oxygen atoms in total. The molecule has 0 unspecified atom stereocenters. The molecule has 0 bridgehead atoms. The Hall–Kier alpha value is -0.350. The Bertz CT molecular complexity index is 319. The number of hydrogen-bond donors (Lipinski definition) is 2. The first kappa shape index (κ1) is 10.7. The predicted octanol–water partition coefficient (Wildman–Crippen LogP) is 2.12. The van der Waals surface area contributed by atoms with Crippen molar-refractivity contribution >= 4 is 23.2 Å². The van der Waals surface area contributed by atoms with Crippen LogP contribution in [0.4, 0.5) is 4.39 Å². The fraction of sp³-hybridized carbons (Fsp3) is 0.250. The zero-order valence-electron chi connectivity index (χ0n) is 6.60. The first-order valence-corrected chi connectivity index (χ1v) is 4.32. The summed E-state index contributed by atoms with van der Waals surface area (Å²) in [7, 11) is 0. The van der Waals surface area contributed by atoms with Gasteiger partial charge in [0.1, 0.15) is 5.82 Å². The van der Waals surface area contributed by atoms with Crippen LogP contribution < -0.4 is 5.73 Å². The predicted molar refractivity (Wildman–Crippen MR) is 50.4 cm³/mol. The molecular weight excluding hydrogens is 216 g/mol. The summed E-state index contributed by atoms with van der Waals surface area (Å²) in [5.74, 6) is -0.520. The van der Waals surface area contributed by atoms with Crippen molar-refractivity contribution in [2.75, 3.05) is 6.61 Å². The van der Waals surface area contributed by atoms with Crippen molar-refractivity contribution in [1.82, 2.24) is 0 Å². The summed E-state index contributed by atoms with van der Waals surface area (Å²) in [4.78, 5) is 0. The van der Waals surface area contributed by atoms with Gasteiger partial charge < -0.3 is 10.8 Å². The summed E-state index contributed by atoms with van der Waals surface area (Å²) >= 11 is 11.4. The molecule has 0 aliphatic rings. The maximum atomic E-state index is 12.8. The number of hydrogen-bond acceptors (Lipinski definition) is 2. The number of benzene rings is 1. The van der Waals surface area contributed by atoms with E-state index in [-0.39, 0.29) is 16.7 Å². The van der Waals surface area contributed by atoms with E-state index in [0.29, 0.717) is 5.56 Å². The molecule has 0 fully saturated rings. The Morgan fingerprint density at radius 2 is 2.08 bits per heavy atom. The molecule has 0 saturated heterocycles. The van der Waals surface area contributed by atoms with E-state index in [1.807, 2.05) is 0 Å². The van der Waals surface area contributed by atoms with Gasteiger partial charge in [0.05, 0.1) is 22.7 Å². The number of aliphatic hydroxyl groups is 1. The normalized spacial score (nSPS) is 13.0. The molecule has 0 saturated carbocycles. The van der Waals surface area contributed by atoms with E-state index >= 15 is 0 Å². The maximum Gasteiger partial charge on any atom is 0.125 e. The highest BCUT2D eigenvalue weighted by atomic mass is 35.5. The molecular formula is C8H8Cl2FNO. The lowest BCUT2D eigenvalue weighted by molar-refractivity contribution is 0.268. The van der Waals surface area contributed by atoms with E-state index in [2.05, 4.69) is 0 Å². The fourth-order valence-corrected chi connectivity index (χ4v) is 1.41. The average molecular weight is 224 g/mol. The molecule has 3 N–H and O–H groups in total. The minimum absolute atomic E-state index is 0.0977. The molecule has 72 valence electrons. The van der Waals surface area contributed by atoms with Crippen molar-refractivity contribution < 1.29 is 9.50 Å². The second-order valence-electron chi connectivity index (χ2n) is 2.58. The monoisotopic (exact) mass is 223 g/mol. The number of rotatable bonds is 2. The van der Waals surface area contributed by atoms with Gasteiger partial charge in [-0.1, -0.05) is 23.2 Å². The van der Waals surface area contributed by atoms with Gasteiger partial charge in [-0.2, -0.15) is 0 Å². The van der Waals surface area contributed by atoms with Gasteiger partial charge in [0, 0.05) is 0 Å². The molecule has 1 aromatic rings. The van der Waals surface area contributed by atoms with E-state index in [1.54, 1.807) is 0 Å². The lowest BCUT2D eigenvalue weighted by Gasteiger charge is -2.11. The van der Waals surface area contributed by atoms with Crippen molar-refractivity contribution in [3.8, 4) is 0 Å². The highest BCUT2D eigenvalue weighted by Crippen LogP contribution is 2.30. The van der Waals surface area contributed by atoms with Gasteiger partial charge in [-0.15, -0.1) is 0 Å². The lowest BCUT2D eigenvalue weighted by atomic mass is 10.1. The summed E-state index contributed by atoms with van der Waals surface area (Å²) in [6.07, 6.45) is 0. The average Bonchev–Trinajstić information content (AvgIpc) is 2.10. The number of nitrogens with two attached hydrogens (primary N) is 1. The van der Waals surface area contributed by atoms with Gasteiger partial charge in [-0.05, 0) is 17.7 Å². The largest absolute Gasteiger partial charge is 0.394 e. The molecule has 13 heavy (non-hydrogen) atoms. The maximum absolute atomic E-state index is 12.8. The Labute approximate surface area is 85.1 Å². The molecule has 1 atom stereocenters. The Kier molecular flexibility index (Phi) is 3.50. The van der Waals surface area contributed by atoms with Crippen LogP contribution in [-0.4, -0.2) is 11.7 Å². The fourth-order valence-electron chi connectivity index (χ4n) is 0.944. The topological polar surface area (TPSA) is 46.2 Å². The summed E-state index contributed by atoms with van der Waals surface area (Å²) in [5.41, 5.74) is 5.79. The zero-order valence-corrected chi connectivity index (χ0v) is 8.11. The van der Waals surface area contributed by atoms with Gasteiger partial charge in [0.2, 0.25) is 0 Å². The van der Waals surface area contributed by atoms with Gasteiger partial charge in [-0.25, -0.2) is 4.39 Å². The minimum atomic E-state index is -0.708. The number of halogens is 3. The highest BCUT2D eigenvalue weighted by Gasteiger charge is 2.13. The Morgan fingerprint density at radius 3 is 2.62 bits per heavy atom. The van der Waals surface area contributed by atoms with E-state index in [0.717, 1.165) is 12.1 Å². The first-order valence-electron chi connectivity index (χ1n) is 3.57. The third-order valence-corrected chi connectivity index (χ3v) is 2.43. The molecule has 0 radical (unpaired) electrons. The molecule has 0 aliphatic carbocycles. The Balaban J connectivity index is 3.20. The lowest BCUT2D eigenvalue weighted by Crippen LogP contribution is -2.15. The van der Waals surface area contributed by atoms with Crippen LogP contribution in [-0.2, 0) is 0 Å². The minimum Gasteiger partial charge on any atom is -0.394 e. The zero-order chi connectivity index (χ0) is 10.0. The summed E-state index contributed by atoms with van der Waals surface area (Å²) in [6, 6.07) is 1.55. The molecule has 5 heteroatoms. The molecule has 1 aromatic carbocycles. The molecule has 0 aromatic heterocycles. The van der Waals surface area contributed by atoms with E-state index in [9.17, 15) is 4.39 Å². The van der Waals surface area contributed by atoms with Gasteiger partial charge in [0.15, 0.2) is 0 Å². The van der Waals surface area contributed by atoms with Crippen LogP contribution in [0.25, 0.3) is 0 Å². The van der Waals surface area contributed by atoms with Crippen molar-refractivity contribution in [1.29, 1.82) is 0 Å². The van der Waals surface area contributed by atoms with E-state index in [4.69, 9.17) is 34.0 Å². The van der Waals surface area contributed by atoms with Crippen molar-refractivity contribution in [2.45, 2.75) is 6.04 Å². The molecule has 0 heterocycles. The third-order valence-electron chi connectivity index (χ3n) is 1.62. The second kappa shape index (κ2) is 4.24.